The number of aromatic nitrogens is 1. The number of methoxy groups -OCH3 is 1. The summed E-state index contributed by atoms with van der Waals surface area (Å²) in [6.07, 6.45) is 4.09. The lowest BCUT2D eigenvalue weighted by Crippen LogP contribution is -2.37. The Bertz CT molecular complexity index is 449. The second-order valence-electron chi connectivity index (χ2n) is 5.17. The fourth-order valence-corrected chi connectivity index (χ4v) is 2.51. The van der Waals surface area contributed by atoms with Gasteiger partial charge in [-0.15, -0.1) is 0 Å². The van der Waals surface area contributed by atoms with Gasteiger partial charge in [-0.1, -0.05) is 0 Å². The van der Waals surface area contributed by atoms with Gasteiger partial charge in [0.2, 0.25) is 0 Å². The molecule has 2 rings (SSSR count). The smallest absolute Gasteiger partial charge is 0.143 e. The van der Waals surface area contributed by atoms with Gasteiger partial charge in [-0.25, -0.2) is 4.98 Å². The molecule has 108 valence electrons. The highest BCUT2D eigenvalue weighted by Gasteiger charge is 2.19. The van der Waals surface area contributed by atoms with Crippen LogP contribution >= 0.6 is 0 Å². The lowest BCUT2D eigenvalue weighted by atomic mass is 9.97. The van der Waals surface area contributed by atoms with Crippen LogP contribution in [0.25, 0.3) is 0 Å². The molecule has 1 aromatic heterocycles. The number of nitrogens with zero attached hydrogens (tertiary/aromatic N) is 3. The molecule has 1 aliphatic rings. The van der Waals surface area contributed by atoms with Crippen molar-refractivity contribution in [2.45, 2.75) is 12.8 Å². The van der Waals surface area contributed by atoms with Crippen LogP contribution in [-0.2, 0) is 4.74 Å². The molecule has 1 N–H and O–H groups in total. The molecule has 0 spiro atoms. The van der Waals surface area contributed by atoms with E-state index in [9.17, 15) is 0 Å². The number of hydrogen-bond acceptors (Lipinski definition) is 5. The van der Waals surface area contributed by atoms with Crippen LogP contribution in [-0.4, -0.2) is 49.8 Å². The van der Waals surface area contributed by atoms with Crippen LogP contribution in [0.15, 0.2) is 18.3 Å². The summed E-state index contributed by atoms with van der Waals surface area (Å²) < 4.78 is 5.11. The Labute approximate surface area is 120 Å². The fourth-order valence-electron chi connectivity index (χ4n) is 2.51. The lowest BCUT2D eigenvalue weighted by molar-refractivity contribution is 0.122. The van der Waals surface area contributed by atoms with Gasteiger partial charge in [-0.3, -0.25) is 0 Å². The first-order valence-electron chi connectivity index (χ1n) is 7.13. The van der Waals surface area contributed by atoms with Crippen molar-refractivity contribution in [2.75, 3.05) is 45.2 Å². The van der Waals surface area contributed by atoms with E-state index in [2.05, 4.69) is 21.3 Å². The number of hydrogen-bond donors (Lipinski definition) is 1. The quantitative estimate of drug-likeness (QED) is 0.856. The van der Waals surface area contributed by atoms with Crippen molar-refractivity contribution in [2.24, 2.45) is 5.92 Å². The third-order valence-corrected chi connectivity index (χ3v) is 3.81. The Kier molecular flexibility index (Phi) is 5.78. The third kappa shape index (κ3) is 4.19. The first kappa shape index (κ1) is 14.8. The maximum absolute atomic E-state index is 9.02. The van der Waals surface area contributed by atoms with Crippen LogP contribution in [0.2, 0.25) is 0 Å². The molecule has 0 aromatic carbocycles. The summed E-state index contributed by atoms with van der Waals surface area (Å²) in [4.78, 5) is 6.67. The summed E-state index contributed by atoms with van der Waals surface area (Å²) in [7, 11) is 1.75. The average Bonchev–Trinajstić information content (AvgIpc) is 2.52. The van der Waals surface area contributed by atoms with E-state index in [-0.39, 0.29) is 0 Å². The number of nitrogens with one attached hydrogen (secondary N) is 1. The molecule has 20 heavy (non-hydrogen) atoms. The number of anilines is 1. The van der Waals surface area contributed by atoms with E-state index in [1.807, 2.05) is 0 Å². The van der Waals surface area contributed by atoms with Crippen LogP contribution in [0.4, 0.5) is 5.82 Å². The molecule has 1 saturated heterocycles. The van der Waals surface area contributed by atoms with E-state index < -0.39 is 0 Å². The summed E-state index contributed by atoms with van der Waals surface area (Å²) in [6.45, 7) is 4.98. The van der Waals surface area contributed by atoms with E-state index in [1.54, 1.807) is 25.4 Å². The highest BCUT2D eigenvalue weighted by molar-refractivity contribution is 5.51. The third-order valence-electron chi connectivity index (χ3n) is 3.81. The molecule has 0 unspecified atom stereocenters. The molecule has 2 heterocycles. The minimum atomic E-state index is 0.616. The van der Waals surface area contributed by atoms with Crippen molar-refractivity contribution in [3.8, 4) is 6.07 Å². The first-order chi connectivity index (χ1) is 9.83. The van der Waals surface area contributed by atoms with E-state index >= 15 is 0 Å². The van der Waals surface area contributed by atoms with E-state index in [1.165, 1.54) is 12.8 Å². The molecule has 0 bridgehead atoms. The van der Waals surface area contributed by atoms with Crippen molar-refractivity contribution >= 4 is 5.82 Å². The Hall–Kier alpha value is -1.64. The van der Waals surface area contributed by atoms with Crippen molar-refractivity contribution in [1.82, 2.24) is 9.88 Å². The average molecular weight is 274 g/mol. The highest BCUT2D eigenvalue weighted by atomic mass is 16.5. The van der Waals surface area contributed by atoms with E-state index in [0.717, 1.165) is 32.8 Å². The molecule has 1 aliphatic heterocycles. The van der Waals surface area contributed by atoms with Gasteiger partial charge in [0.15, 0.2) is 0 Å². The van der Waals surface area contributed by atoms with Gasteiger partial charge < -0.3 is 15.0 Å². The van der Waals surface area contributed by atoms with Gasteiger partial charge in [0, 0.05) is 26.4 Å². The molecule has 1 aromatic rings. The highest BCUT2D eigenvalue weighted by Crippen LogP contribution is 2.18. The topological polar surface area (TPSA) is 61.2 Å². The maximum Gasteiger partial charge on any atom is 0.143 e. The van der Waals surface area contributed by atoms with Gasteiger partial charge in [0.1, 0.15) is 11.9 Å². The van der Waals surface area contributed by atoms with Crippen LogP contribution in [0.1, 0.15) is 18.4 Å². The molecular weight excluding hydrogens is 252 g/mol. The normalized spacial score (nSPS) is 16.8. The molecule has 0 amide bonds. The SMILES string of the molecule is COCCN1CCC(CNc2ncccc2C#N)CC1. The Morgan fingerprint density at radius 1 is 1.50 bits per heavy atom. The molecule has 0 saturated carbocycles. The summed E-state index contributed by atoms with van der Waals surface area (Å²) in [5.74, 6) is 1.36. The maximum atomic E-state index is 9.02. The second kappa shape index (κ2) is 7.83. The van der Waals surface area contributed by atoms with Gasteiger partial charge in [0.25, 0.3) is 0 Å². The fraction of sp³-hybridized carbons (Fsp3) is 0.600. The van der Waals surface area contributed by atoms with Crippen molar-refractivity contribution in [3.05, 3.63) is 23.9 Å². The number of pyridine rings is 1. The summed E-state index contributed by atoms with van der Waals surface area (Å²) >= 11 is 0. The Morgan fingerprint density at radius 2 is 2.30 bits per heavy atom. The molecule has 0 aliphatic carbocycles. The van der Waals surface area contributed by atoms with Crippen molar-refractivity contribution in [1.29, 1.82) is 5.26 Å². The van der Waals surface area contributed by atoms with Crippen LogP contribution < -0.4 is 5.32 Å². The van der Waals surface area contributed by atoms with Crippen molar-refractivity contribution < 1.29 is 4.74 Å². The second-order valence-corrected chi connectivity index (χ2v) is 5.17. The number of piperidine rings is 1. The van der Waals surface area contributed by atoms with Crippen LogP contribution in [0.5, 0.6) is 0 Å². The Morgan fingerprint density at radius 3 is 3.00 bits per heavy atom. The predicted molar refractivity (Wildman–Crippen MR) is 78.5 cm³/mol. The number of nitriles is 1. The first-order valence-corrected chi connectivity index (χ1v) is 7.13. The lowest BCUT2D eigenvalue weighted by Gasteiger charge is -2.31. The zero-order valence-corrected chi connectivity index (χ0v) is 12.0. The molecule has 1 fully saturated rings. The zero-order valence-electron chi connectivity index (χ0n) is 12.0. The largest absolute Gasteiger partial charge is 0.383 e. The zero-order chi connectivity index (χ0) is 14.2. The molecule has 0 radical (unpaired) electrons. The molecule has 0 atom stereocenters. The van der Waals surface area contributed by atoms with Crippen LogP contribution in [0, 0.1) is 17.2 Å². The number of ether oxygens (including phenoxy) is 1. The number of rotatable bonds is 6. The minimum Gasteiger partial charge on any atom is -0.383 e. The van der Waals surface area contributed by atoms with Gasteiger partial charge in [0.05, 0.1) is 12.2 Å². The Balaban J connectivity index is 1.75. The minimum absolute atomic E-state index is 0.616. The molecule has 5 nitrogen and oxygen atoms in total. The van der Waals surface area contributed by atoms with Gasteiger partial charge in [-0.2, -0.15) is 5.26 Å². The summed E-state index contributed by atoms with van der Waals surface area (Å²) in [5.41, 5.74) is 0.616. The molecule has 5 heteroatoms. The van der Waals surface area contributed by atoms with E-state index in [0.29, 0.717) is 17.3 Å². The monoisotopic (exact) mass is 274 g/mol. The van der Waals surface area contributed by atoms with Crippen LogP contribution in [0.3, 0.4) is 0 Å². The van der Waals surface area contributed by atoms with Gasteiger partial charge >= 0.3 is 0 Å². The van der Waals surface area contributed by atoms with Crippen molar-refractivity contribution in [3.63, 3.8) is 0 Å². The summed E-state index contributed by atoms with van der Waals surface area (Å²) in [5, 5.41) is 12.3. The molecular formula is C15H22N4O. The number of likely N-dealkylation sites (tertiary alicyclic amines) is 1. The van der Waals surface area contributed by atoms with E-state index in [4.69, 9.17) is 10.00 Å². The summed E-state index contributed by atoms with van der Waals surface area (Å²) in [6, 6.07) is 5.75. The van der Waals surface area contributed by atoms with Gasteiger partial charge in [-0.05, 0) is 44.0 Å². The standard InChI is InChI=1S/C15H22N4O/c1-20-10-9-19-7-4-13(5-8-19)12-18-15-14(11-16)3-2-6-17-15/h2-3,6,13H,4-5,7-10,12H2,1H3,(H,17,18). The predicted octanol–water partition coefficient (Wildman–Crippen LogP) is 1.72.